The monoisotopic (exact) mass is 897 g/mol. The Hall–Kier alpha value is -2.14. The molecule has 0 spiro atoms. The number of carbonyl (C=O) groups is 2. The second-order valence-electron chi connectivity index (χ2n) is 18.8. The fourth-order valence-electron chi connectivity index (χ4n) is 8.21. The minimum atomic E-state index is -0.545. The Bertz CT molecular complexity index is 1060. The van der Waals surface area contributed by atoms with E-state index in [0.717, 1.165) is 77.0 Å². The number of esters is 2. The minimum Gasteiger partial charge on any atom is -0.462 e. The maximum absolute atomic E-state index is 12.8. The van der Waals surface area contributed by atoms with E-state index in [1.54, 1.807) is 0 Å². The van der Waals surface area contributed by atoms with Crippen LogP contribution in [-0.2, 0) is 23.8 Å². The molecule has 0 fully saturated rings. The van der Waals surface area contributed by atoms with Crippen molar-refractivity contribution in [3.05, 3.63) is 48.6 Å². The topological polar surface area (TPSA) is 61.8 Å². The summed E-state index contributed by atoms with van der Waals surface area (Å²) >= 11 is 0. The van der Waals surface area contributed by atoms with Crippen LogP contribution in [0.3, 0.4) is 0 Å². The zero-order valence-corrected chi connectivity index (χ0v) is 43.1. The molecular weight excluding hydrogens is 789 g/mol. The average Bonchev–Trinajstić information content (AvgIpc) is 3.30. The maximum atomic E-state index is 12.8. The van der Waals surface area contributed by atoms with Crippen molar-refractivity contribution in [2.24, 2.45) is 0 Å². The molecule has 0 aliphatic rings. The largest absolute Gasteiger partial charge is 0.462 e. The molecule has 0 saturated heterocycles. The summed E-state index contributed by atoms with van der Waals surface area (Å²) < 4.78 is 17.5. The lowest BCUT2D eigenvalue weighted by Crippen LogP contribution is -2.30. The first kappa shape index (κ1) is 61.9. The van der Waals surface area contributed by atoms with Gasteiger partial charge in [0.05, 0.1) is 6.61 Å². The Morgan fingerprint density at radius 3 is 1.12 bits per heavy atom. The summed E-state index contributed by atoms with van der Waals surface area (Å²) in [5, 5.41) is 0. The van der Waals surface area contributed by atoms with Crippen LogP contribution in [-0.4, -0.2) is 37.9 Å². The van der Waals surface area contributed by atoms with Crippen molar-refractivity contribution in [3.63, 3.8) is 0 Å². The van der Waals surface area contributed by atoms with Crippen molar-refractivity contribution in [1.29, 1.82) is 0 Å². The van der Waals surface area contributed by atoms with Gasteiger partial charge in [0.1, 0.15) is 6.61 Å². The average molecular weight is 898 g/mol. The molecule has 374 valence electrons. The van der Waals surface area contributed by atoms with Gasteiger partial charge in [-0.3, -0.25) is 9.59 Å². The van der Waals surface area contributed by atoms with Crippen LogP contribution in [0.15, 0.2) is 48.6 Å². The Labute approximate surface area is 399 Å². The summed E-state index contributed by atoms with van der Waals surface area (Å²) in [7, 11) is 0. The van der Waals surface area contributed by atoms with Gasteiger partial charge in [-0.2, -0.15) is 0 Å². The van der Waals surface area contributed by atoms with Gasteiger partial charge in [-0.25, -0.2) is 0 Å². The zero-order chi connectivity index (χ0) is 46.3. The Kier molecular flexibility index (Phi) is 53.3. The van der Waals surface area contributed by atoms with Crippen LogP contribution >= 0.6 is 0 Å². The molecule has 0 heterocycles. The lowest BCUT2D eigenvalue weighted by Gasteiger charge is -2.18. The first-order valence-corrected chi connectivity index (χ1v) is 28.2. The van der Waals surface area contributed by atoms with E-state index in [1.165, 1.54) is 180 Å². The SMILES string of the molecule is CC/C=C\C/C=C\C/C=C\C/C=C\CCCCCCC(=O)O[C@H](COCCCCCCCCCCCCCCCCCC)COC(=O)CCCCCCCCCCCCCCCCC. The maximum Gasteiger partial charge on any atom is 0.306 e. The molecule has 0 unspecified atom stereocenters. The molecule has 0 aliphatic carbocycles. The van der Waals surface area contributed by atoms with E-state index in [-0.39, 0.29) is 25.2 Å². The molecule has 0 aromatic rings. The molecule has 1 atom stereocenters. The van der Waals surface area contributed by atoms with Crippen LogP contribution in [0, 0.1) is 0 Å². The van der Waals surface area contributed by atoms with E-state index in [4.69, 9.17) is 14.2 Å². The molecular formula is C59H108O5. The van der Waals surface area contributed by atoms with Gasteiger partial charge in [0.2, 0.25) is 0 Å². The third-order valence-electron chi connectivity index (χ3n) is 12.4. The number of rotatable bonds is 52. The van der Waals surface area contributed by atoms with Crippen LogP contribution in [0.4, 0.5) is 0 Å². The fourth-order valence-corrected chi connectivity index (χ4v) is 8.21. The zero-order valence-electron chi connectivity index (χ0n) is 43.1. The summed E-state index contributed by atoms with van der Waals surface area (Å²) in [4.78, 5) is 25.5. The smallest absolute Gasteiger partial charge is 0.306 e. The summed E-state index contributed by atoms with van der Waals surface area (Å²) in [5.41, 5.74) is 0. The molecule has 0 aliphatic heterocycles. The number of allylic oxidation sites excluding steroid dienone is 8. The van der Waals surface area contributed by atoms with Crippen molar-refractivity contribution in [2.45, 2.75) is 297 Å². The summed E-state index contributed by atoms with van der Waals surface area (Å²) in [5.74, 6) is -0.407. The highest BCUT2D eigenvalue weighted by molar-refractivity contribution is 5.70. The van der Waals surface area contributed by atoms with Crippen LogP contribution in [0.1, 0.15) is 290 Å². The van der Waals surface area contributed by atoms with Gasteiger partial charge in [-0.15, -0.1) is 0 Å². The van der Waals surface area contributed by atoms with Crippen LogP contribution < -0.4 is 0 Å². The van der Waals surface area contributed by atoms with E-state index < -0.39 is 6.10 Å². The highest BCUT2D eigenvalue weighted by Crippen LogP contribution is 2.16. The molecule has 5 nitrogen and oxygen atoms in total. The first-order valence-electron chi connectivity index (χ1n) is 28.2. The Balaban J connectivity index is 4.28. The van der Waals surface area contributed by atoms with Gasteiger partial charge >= 0.3 is 11.9 Å². The van der Waals surface area contributed by atoms with E-state index in [1.807, 2.05) is 0 Å². The molecule has 0 aromatic carbocycles. The van der Waals surface area contributed by atoms with Crippen molar-refractivity contribution in [1.82, 2.24) is 0 Å². The first-order chi connectivity index (χ1) is 31.6. The number of hydrogen-bond acceptors (Lipinski definition) is 5. The predicted molar refractivity (Wildman–Crippen MR) is 279 cm³/mol. The molecule has 0 N–H and O–H groups in total. The Morgan fingerprint density at radius 2 is 0.703 bits per heavy atom. The van der Waals surface area contributed by atoms with Gasteiger partial charge < -0.3 is 14.2 Å². The van der Waals surface area contributed by atoms with Crippen molar-refractivity contribution >= 4 is 11.9 Å². The van der Waals surface area contributed by atoms with E-state index >= 15 is 0 Å². The fraction of sp³-hybridized carbons (Fsp3) is 0.831. The van der Waals surface area contributed by atoms with Gasteiger partial charge in [-0.1, -0.05) is 268 Å². The molecule has 0 amide bonds. The van der Waals surface area contributed by atoms with Crippen molar-refractivity contribution < 1.29 is 23.8 Å². The lowest BCUT2D eigenvalue weighted by molar-refractivity contribution is -0.163. The summed E-state index contributed by atoms with van der Waals surface area (Å²) in [6, 6.07) is 0. The molecule has 0 saturated carbocycles. The molecule has 64 heavy (non-hydrogen) atoms. The number of carbonyl (C=O) groups excluding carboxylic acids is 2. The van der Waals surface area contributed by atoms with Crippen LogP contribution in [0.25, 0.3) is 0 Å². The van der Waals surface area contributed by atoms with Crippen LogP contribution in [0.2, 0.25) is 0 Å². The highest BCUT2D eigenvalue weighted by Gasteiger charge is 2.17. The summed E-state index contributed by atoms with van der Waals surface area (Å²) in [6.07, 6.45) is 68.4. The quantitative estimate of drug-likeness (QED) is 0.0346. The van der Waals surface area contributed by atoms with E-state index in [0.29, 0.717) is 19.4 Å². The van der Waals surface area contributed by atoms with Gasteiger partial charge in [0.25, 0.3) is 0 Å². The standard InChI is InChI=1S/C59H108O5/c1-4-7-10-13-16-19-22-25-28-30-32-35-38-41-44-47-50-53-59(61)64-57(55-62-54-51-48-45-42-39-36-33-29-26-23-20-17-14-11-8-5-2)56-63-58(60)52-49-46-43-40-37-34-31-27-24-21-18-15-12-9-6-3/h7,10,16,19,25,28,32,35,57H,4-6,8-9,11-15,17-18,20-24,26-27,29-31,33-34,36-56H2,1-3H3/b10-7-,19-16-,28-25-,35-32-/t57-/m1/s1. The second-order valence-corrected chi connectivity index (χ2v) is 18.8. The number of hydrogen-bond donors (Lipinski definition) is 0. The predicted octanol–water partition coefficient (Wildman–Crippen LogP) is 19.1. The molecule has 0 radical (unpaired) electrons. The molecule has 0 aromatic heterocycles. The second kappa shape index (κ2) is 55.2. The van der Waals surface area contributed by atoms with Gasteiger partial charge in [0.15, 0.2) is 6.10 Å². The normalized spacial score (nSPS) is 12.5. The highest BCUT2D eigenvalue weighted by atomic mass is 16.6. The van der Waals surface area contributed by atoms with Gasteiger partial charge in [-0.05, 0) is 57.8 Å². The minimum absolute atomic E-state index is 0.0805. The van der Waals surface area contributed by atoms with Crippen molar-refractivity contribution in [2.75, 3.05) is 19.8 Å². The lowest BCUT2D eigenvalue weighted by atomic mass is 10.0. The molecule has 5 heteroatoms. The number of ether oxygens (including phenoxy) is 3. The van der Waals surface area contributed by atoms with Crippen molar-refractivity contribution in [3.8, 4) is 0 Å². The third-order valence-corrected chi connectivity index (χ3v) is 12.4. The van der Waals surface area contributed by atoms with E-state index in [2.05, 4.69) is 69.4 Å². The Morgan fingerprint density at radius 1 is 0.359 bits per heavy atom. The van der Waals surface area contributed by atoms with Crippen LogP contribution in [0.5, 0.6) is 0 Å². The number of unbranched alkanes of at least 4 members (excludes halogenated alkanes) is 33. The summed E-state index contributed by atoms with van der Waals surface area (Å²) in [6.45, 7) is 7.75. The van der Waals surface area contributed by atoms with E-state index in [9.17, 15) is 9.59 Å². The molecule has 0 bridgehead atoms. The third kappa shape index (κ3) is 52.5. The molecule has 0 rings (SSSR count). The van der Waals surface area contributed by atoms with Gasteiger partial charge in [0, 0.05) is 19.4 Å².